The molecule has 0 atom stereocenters. The fourth-order valence-corrected chi connectivity index (χ4v) is 1.05. The maximum atomic E-state index is 12.4. The Labute approximate surface area is 74.5 Å². The molecule has 13 heavy (non-hydrogen) atoms. The quantitative estimate of drug-likeness (QED) is 0.562. The first-order chi connectivity index (χ1) is 6.20. The van der Waals surface area contributed by atoms with Gasteiger partial charge in [-0.1, -0.05) is 12.1 Å². The van der Waals surface area contributed by atoms with Gasteiger partial charge in [0.05, 0.1) is 12.8 Å². The van der Waals surface area contributed by atoms with Crippen molar-refractivity contribution in [3.63, 3.8) is 0 Å². The Morgan fingerprint density at radius 2 is 2.15 bits per heavy atom. The summed E-state index contributed by atoms with van der Waals surface area (Å²) in [5, 5.41) is 0. The van der Waals surface area contributed by atoms with Crippen LogP contribution in [0.2, 0.25) is 0 Å². The zero-order chi connectivity index (χ0) is 9.84. The molecule has 5 heteroatoms. The van der Waals surface area contributed by atoms with Crippen molar-refractivity contribution in [2.24, 2.45) is 5.84 Å². The fourth-order valence-electron chi connectivity index (χ4n) is 1.05. The van der Waals surface area contributed by atoms with Gasteiger partial charge in [-0.3, -0.25) is 5.84 Å². The molecule has 0 bridgehead atoms. The van der Waals surface area contributed by atoms with Gasteiger partial charge in [0.2, 0.25) is 0 Å². The van der Waals surface area contributed by atoms with Crippen molar-refractivity contribution in [3.8, 4) is 5.75 Å². The summed E-state index contributed by atoms with van der Waals surface area (Å²) < 4.78 is 29.6. The van der Waals surface area contributed by atoms with Gasteiger partial charge in [0, 0.05) is 5.56 Å². The van der Waals surface area contributed by atoms with Crippen molar-refractivity contribution in [2.45, 2.75) is 6.43 Å². The number of nitrogen functional groups attached to an aromatic ring is 1. The number of anilines is 1. The van der Waals surface area contributed by atoms with Gasteiger partial charge in [-0.2, -0.15) is 0 Å². The summed E-state index contributed by atoms with van der Waals surface area (Å²) in [5.74, 6) is 5.41. The normalized spacial score (nSPS) is 10.2. The number of methoxy groups -OCH3 is 1. The Morgan fingerprint density at radius 1 is 1.46 bits per heavy atom. The minimum absolute atomic E-state index is 0.125. The summed E-state index contributed by atoms with van der Waals surface area (Å²) in [6, 6.07) is 4.34. The smallest absolute Gasteiger partial charge is 0.266 e. The second-order valence-corrected chi connectivity index (χ2v) is 2.37. The molecule has 72 valence electrons. The summed E-state index contributed by atoms with van der Waals surface area (Å²) in [5.41, 5.74) is 2.15. The van der Waals surface area contributed by atoms with Crippen LogP contribution in [0.4, 0.5) is 14.5 Å². The lowest BCUT2D eigenvalue weighted by Crippen LogP contribution is -2.10. The monoisotopic (exact) mass is 188 g/mol. The summed E-state index contributed by atoms with van der Waals surface area (Å²) in [6.07, 6.45) is -2.57. The highest BCUT2D eigenvalue weighted by Gasteiger charge is 2.15. The van der Waals surface area contributed by atoms with Gasteiger partial charge in [-0.05, 0) is 6.07 Å². The molecule has 0 radical (unpaired) electrons. The number of nitrogens with one attached hydrogen (secondary N) is 1. The molecule has 0 unspecified atom stereocenters. The third-order valence-electron chi connectivity index (χ3n) is 1.66. The molecule has 3 N–H and O–H groups in total. The number of halogens is 2. The number of rotatable bonds is 3. The number of hydrogen-bond donors (Lipinski definition) is 2. The highest BCUT2D eigenvalue weighted by molar-refractivity contribution is 5.61. The van der Waals surface area contributed by atoms with Gasteiger partial charge in [0.1, 0.15) is 5.75 Å². The second kappa shape index (κ2) is 4.04. The molecule has 0 saturated heterocycles. The molecule has 0 heterocycles. The second-order valence-electron chi connectivity index (χ2n) is 2.37. The molecule has 0 saturated carbocycles. The molecule has 0 fully saturated rings. The lowest BCUT2D eigenvalue weighted by Gasteiger charge is -2.11. The van der Waals surface area contributed by atoms with E-state index in [4.69, 9.17) is 10.6 Å². The van der Waals surface area contributed by atoms with Crippen LogP contribution >= 0.6 is 0 Å². The highest BCUT2D eigenvalue weighted by Crippen LogP contribution is 2.33. The van der Waals surface area contributed by atoms with Gasteiger partial charge in [-0.25, -0.2) is 8.78 Å². The van der Waals surface area contributed by atoms with Gasteiger partial charge in [-0.15, -0.1) is 0 Å². The highest BCUT2D eigenvalue weighted by atomic mass is 19.3. The summed E-state index contributed by atoms with van der Waals surface area (Å²) in [7, 11) is 1.39. The molecule has 0 spiro atoms. The van der Waals surface area contributed by atoms with Gasteiger partial charge in [0.15, 0.2) is 0 Å². The van der Waals surface area contributed by atoms with E-state index >= 15 is 0 Å². The van der Waals surface area contributed by atoms with Crippen molar-refractivity contribution in [2.75, 3.05) is 12.5 Å². The molecule has 3 nitrogen and oxygen atoms in total. The van der Waals surface area contributed by atoms with Crippen LogP contribution in [0.1, 0.15) is 12.0 Å². The number of alkyl halides is 2. The zero-order valence-electron chi connectivity index (χ0n) is 7.05. The predicted molar refractivity (Wildman–Crippen MR) is 45.8 cm³/mol. The summed E-state index contributed by atoms with van der Waals surface area (Å²) in [6.45, 7) is 0. The van der Waals surface area contributed by atoms with E-state index in [9.17, 15) is 8.78 Å². The SMILES string of the molecule is COc1cccc(C(F)F)c1NN. The van der Waals surface area contributed by atoms with Crippen LogP contribution in [0.5, 0.6) is 5.75 Å². The average Bonchev–Trinajstić information content (AvgIpc) is 2.16. The van der Waals surface area contributed by atoms with E-state index in [0.29, 0.717) is 5.75 Å². The van der Waals surface area contributed by atoms with E-state index in [1.54, 1.807) is 6.07 Å². The van der Waals surface area contributed by atoms with E-state index in [1.807, 2.05) is 0 Å². The van der Waals surface area contributed by atoms with Crippen LogP contribution < -0.4 is 16.0 Å². The van der Waals surface area contributed by atoms with Crippen LogP contribution in [0.3, 0.4) is 0 Å². The molecule has 0 aliphatic heterocycles. The number of hydrazine groups is 1. The molecule has 0 amide bonds. The van der Waals surface area contributed by atoms with Crippen LogP contribution in [0.15, 0.2) is 18.2 Å². The number of para-hydroxylation sites is 1. The molecular formula is C8H10F2N2O. The van der Waals surface area contributed by atoms with Crippen molar-refractivity contribution in [1.82, 2.24) is 0 Å². The standard InChI is InChI=1S/C8H10F2N2O/c1-13-6-4-2-3-5(8(9)10)7(6)12-11/h2-4,8,12H,11H2,1H3. The van der Waals surface area contributed by atoms with Crippen molar-refractivity contribution in [3.05, 3.63) is 23.8 Å². The molecule has 1 aromatic carbocycles. The molecule has 1 aromatic rings. The fraction of sp³-hybridized carbons (Fsp3) is 0.250. The van der Waals surface area contributed by atoms with Gasteiger partial charge in [0.25, 0.3) is 6.43 Å². The first-order valence-electron chi connectivity index (χ1n) is 3.62. The number of nitrogens with two attached hydrogens (primary N) is 1. The van der Waals surface area contributed by atoms with E-state index in [1.165, 1.54) is 19.2 Å². The molecule has 0 aromatic heterocycles. The van der Waals surface area contributed by atoms with Crippen LogP contribution in [-0.4, -0.2) is 7.11 Å². The first kappa shape index (κ1) is 9.73. The third-order valence-corrected chi connectivity index (χ3v) is 1.66. The number of ether oxygens (including phenoxy) is 1. The van der Waals surface area contributed by atoms with Crippen molar-refractivity contribution >= 4 is 5.69 Å². The third kappa shape index (κ3) is 1.86. The van der Waals surface area contributed by atoms with E-state index < -0.39 is 6.43 Å². The Morgan fingerprint density at radius 3 is 2.62 bits per heavy atom. The summed E-state index contributed by atoms with van der Waals surface area (Å²) in [4.78, 5) is 0. The Bertz CT molecular complexity index is 291. The first-order valence-corrected chi connectivity index (χ1v) is 3.62. The lowest BCUT2D eigenvalue weighted by atomic mass is 10.1. The van der Waals surface area contributed by atoms with Crippen LogP contribution in [-0.2, 0) is 0 Å². The average molecular weight is 188 g/mol. The zero-order valence-corrected chi connectivity index (χ0v) is 7.05. The molecular weight excluding hydrogens is 178 g/mol. The maximum Gasteiger partial charge on any atom is 0.266 e. The number of hydrogen-bond acceptors (Lipinski definition) is 3. The maximum absolute atomic E-state index is 12.4. The predicted octanol–water partition coefficient (Wildman–Crippen LogP) is 1.92. The van der Waals surface area contributed by atoms with Crippen LogP contribution in [0.25, 0.3) is 0 Å². The Hall–Kier alpha value is -1.36. The molecule has 0 aliphatic carbocycles. The van der Waals surface area contributed by atoms with E-state index in [-0.39, 0.29) is 11.3 Å². The summed E-state index contributed by atoms with van der Waals surface area (Å²) >= 11 is 0. The lowest BCUT2D eigenvalue weighted by molar-refractivity contribution is 0.152. The largest absolute Gasteiger partial charge is 0.495 e. The van der Waals surface area contributed by atoms with Crippen LogP contribution in [0, 0.1) is 0 Å². The topological polar surface area (TPSA) is 47.3 Å². The van der Waals surface area contributed by atoms with Crippen molar-refractivity contribution in [1.29, 1.82) is 0 Å². The van der Waals surface area contributed by atoms with E-state index in [0.717, 1.165) is 0 Å². The van der Waals surface area contributed by atoms with Gasteiger partial charge < -0.3 is 10.2 Å². The Kier molecular flexibility index (Phi) is 3.02. The molecule has 0 aliphatic rings. The van der Waals surface area contributed by atoms with Gasteiger partial charge >= 0.3 is 0 Å². The van der Waals surface area contributed by atoms with E-state index in [2.05, 4.69) is 5.43 Å². The number of benzene rings is 1. The minimum atomic E-state index is -2.57. The van der Waals surface area contributed by atoms with Crippen molar-refractivity contribution < 1.29 is 13.5 Å². The minimum Gasteiger partial charge on any atom is -0.495 e. The molecule has 1 rings (SSSR count). The Balaban J connectivity index is 3.19.